The van der Waals surface area contributed by atoms with Crippen molar-refractivity contribution in [2.45, 2.75) is 32.3 Å². The number of aromatic nitrogens is 1. The zero-order chi connectivity index (χ0) is 18.4. The van der Waals surface area contributed by atoms with Gasteiger partial charge in [-0.25, -0.2) is 0 Å². The maximum atomic E-state index is 6.98. The molecule has 0 aliphatic heterocycles. The van der Waals surface area contributed by atoms with Crippen LogP contribution in [-0.4, -0.2) is 4.98 Å². The van der Waals surface area contributed by atoms with Crippen LogP contribution in [0.3, 0.4) is 0 Å². The molecule has 0 N–H and O–H groups in total. The molecule has 0 spiro atoms. The summed E-state index contributed by atoms with van der Waals surface area (Å²) >= 11 is 0. The van der Waals surface area contributed by atoms with E-state index in [2.05, 4.69) is 86.6 Å². The topological polar surface area (TPSA) is 22.1 Å². The normalized spacial score (nSPS) is 24.9. The molecule has 3 heteroatoms. The number of hydrogen-bond donors (Lipinski definition) is 0. The van der Waals surface area contributed by atoms with E-state index in [1.54, 1.807) is 0 Å². The van der Waals surface area contributed by atoms with Gasteiger partial charge >= 0.3 is 0 Å². The summed E-state index contributed by atoms with van der Waals surface area (Å²) in [6, 6.07) is 25.6. The lowest BCUT2D eigenvalue weighted by atomic mass is 9.47. The lowest BCUT2D eigenvalue weighted by Gasteiger charge is -2.59. The third-order valence-electron chi connectivity index (χ3n) is 6.43. The fourth-order valence-corrected chi connectivity index (χ4v) is 6.69. The summed E-state index contributed by atoms with van der Waals surface area (Å²) in [6.07, 6.45) is 3.19. The van der Waals surface area contributed by atoms with Crippen LogP contribution in [0.25, 0.3) is 0 Å². The number of nitrogens with zero attached hydrogens (tertiary/aromatic N) is 1. The van der Waals surface area contributed by atoms with Crippen molar-refractivity contribution in [1.82, 2.24) is 4.98 Å². The molecular weight excluding hydrogens is 349 g/mol. The number of pyridine rings is 1. The predicted octanol–water partition coefficient (Wildman–Crippen LogP) is 5.33. The van der Waals surface area contributed by atoms with E-state index in [1.807, 2.05) is 6.20 Å². The van der Waals surface area contributed by atoms with Crippen molar-refractivity contribution >= 4 is 18.8 Å². The summed E-state index contributed by atoms with van der Waals surface area (Å²) in [6.45, 7) is 4.79. The van der Waals surface area contributed by atoms with E-state index in [1.165, 1.54) is 22.6 Å². The van der Waals surface area contributed by atoms with Crippen molar-refractivity contribution in [1.29, 1.82) is 0 Å². The van der Waals surface area contributed by atoms with Gasteiger partial charge in [0.1, 0.15) is 6.10 Å². The Hall–Kier alpha value is -2.02. The average molecular weight is 373 g/mol. The quantitative estimate of drug-likeness (QED) is 0.577. The lowest BCUT2D eigenvalue weighted by molar-refractivity contribution is -0.0676. The maximum Gasteiger partial charge on any atom is 0.108 e. The minimum Gasteiger partial charge on any atom is -0.340 e. The molecule has 2 bridgehead atoms. The van der Waals surface area contributed by atoms with Crippen LogP contribution < -0.4 is 10.6 Å². The third kappa shape index (κ3) is 2.74. The minimum absolute atomic E-state index is 0.0627. The second-order valence-corrected chi connectivity index (χ2v) is 10.0. The molecule has 1 heterocycles. The zero-order valence-corrected chi connectivity index (χ0v) is 16.6. The number of benzene rings is 2. The van der Waals surface area contributed by atoms with Crippen molar-refractivity contribution in [3.05, 3.63) is 90.3 Å². The minimum atomic E-state index is -0.882. The molecule has 6 rings (SSSR count). The van der Waals surface area contributed by atoms with Gasteiger partial charge in [-0.05, 0) is 35.3 Å². The average Bonchev–Trinajstić information content (AvgIpc) is 2.72. The highest BCUT2D eigenvalue weighted by Gasteiger charge is 2.58. The molecule has 3 aliphatic rings. The van der Waals surface area contributed by atoms with Crippen molar-refractivity contribution in [2.24, 2.45) is 11.3 Å². The van der Waals surface area contributed by atoms with Crippen LogP contribution in [0.15, 0.2) is 79.0 Å². The number of rotatable bonds is 4. The maximum absolute atomic E-state index is 6.98. The summed E-state index contributed by atoms with van der Waals surface area (Å²) in [5.74, 6) is 1.15. The monoisotopic (exact) mass is 373 g/mol. The highest BCUT2D eigenvalue weighted by Crippen LogP contribution is 2.67. The van der Waals surface area contributed by atoms with Crippen LogP contribution >= 0.6 is 8.15 Å². The molecule has 1 saturated carbocycles. The molecular formula is C24H24NOP. The van der Waals surface area contributed by atoms with Gasteiger partial charge in [0.25, 0.3) is 0 Å². The van der Waals surface area contributed by atoms with Gasteiger partial charge in [0.15, 0.2) is 0 Å². The van der Waals surface area contributed by atoms with E-state index < -0.39 is 8.15 Å². The van der Waals surface area contributed by atoms with Gasteiger partial charge in [0, 0.05) is 16.8 Å². The molecule has 2 nitrogen and oxygen atoms in total. The van der Waals surface area contributed by atoms with Gasteiger partial charge in [0.05, 0.1) is 13.8 Å². The summed E-state index contributed by atoms with van der Waals surface area (Å²) in [4.78, 5) is 4.77. The van der Waals surface area contributed by atoms with E-state index >= 15 is 0 Å². The second-order valence-electron chi connectivity index (χ2n) is 8.19. The molecule has 2 aromatic carbocycles. The first-order valence-electron chi connectivity index (χ1n) is 9.68. The summed E-state index contributed by atoms with van der Waals surface area (Å²) in [7, 11) is -0.882. The molecule has 1 fully saturated rings. The van der Waals surface area contributed by atoms with Crippen LogP contribution in [0.2, 0.25) is 0 Å². The molecule has 0 amide bonds. The van der Waals surface area contributed by atoms with Gasteiger partial charge in [-0.15, -0.1) is 0 Å². The fourth-order valence-electron chi connectivity index (χ4n) is 4.79. The van der Waals surface area contributed by atoms with E-state index in [9.17, 15) is 0 Å². The first-order valence-corrected chi connectivity index (χ1v) is 10.9. The Morgan fingerprint density at radius 3 is 2.11 bits per heavy atom. The predicted molar refractivity (Wildman–Crippen MR) is 112 cm³/mol. The summed E-state index contributed by atoms with van der Waals surface area (Å²) < 4.78 is 6.98. The van der Waals surface area contributed by atoms with Crippen molar-refractivity contribution in [3.63, 3.8) is 0 Å². The Balaban J connectivity index is 1.57. The standard InChI is InChI=1S/C24H24NOP/c1-24(2)20-16-21(24)23(22-19(20)14-9-15-25-22)26-27(17-10-5-3-6-11-17)18-12-7-4-8-13-18/h3-15,20-21,23H,16H2,1-2H3/t20-,21+,23+/m1/s1. The Labute approximate surface area is 162 Å². The Bertz CT molecular complexity index is 901. The van der Waals surface area contributed by atoms with Gasteiger partial charge in [-0.3, -0.25) is 4.98 Å². The Morgan fingerprint density at radius 1 is 0.889 bits per heavy atom. The molecule has 1 aromatic heterocycles. The Morgan fingerprint density at radius 2 is 1.52 bits per heavy atom. The molecule has 136 valence electrons. The molecule has 3 aromatic rings. The molecule has 3 atom stereocenters. The highest BCUT2D eigenvalue weighted by atomic mass is 31.1. The Kier molecular flexibility index (Phi) is 4.15. The van der Waals surface area contributed by atoms with Crippen LogP contribution in [-0.2, 0) is 4.52 Å². The molecule has 3 aliphatic carbocycles. The smallest absolute Gasteiger partial charge is 0.108 e. The first-order chi connectivity index (χ1) is 13.2. The van der Waals surface area contributed by atoms with Crippen LogP contribution in [0, 0.1) is 11.3 Å². The van der Waals surface area contributed by atoms with Crippen molar-refractivity contribution < 1.29 is 4.52 Å². The van der Waals surface area contributed by atoms with Crippen LogP contribution in [0.4, 0.5) is 0 Å². The van der Waals surface area contributed by atoms with Gasteiger partial charge in [-0.2, -0.15) is 0 Å². The van der Waals surface area contributed by atoms with E-state index in [4.69, 9.17) is 9.51 Å². The van der Waals surface area contributed by atoms with Crippen LogP contribution in [0.5, 0.6) is 0 Å². The van der Waals surface area contributed by atoms with Gasteiger partial charge in [-0.1, -0.05) is 80.6 Å². The molecule has 27 heavy (non-hydrogen) atoms. The van der Waals surface area contributed by atoms with Gasteiger partial charge < -0.3 is 4.52 Å². The largest absolute Gasteiger partial charge is 0.340 e. The fraction of sp³-hybridized carbons (Fsp3) is 0.292. The molecule has 0 unspecified atom stereocenters. The molecule has 0 saturated heterocycles. The van der Waals surface area contributed by atoms with Crippen molar-refractivity contribution in [2.75, 3.05) is 0 Å². The summed E-state index contributed by atoms with van der Waals surface area (Å²) in [5, 5.41) is 2.52. The van der Waals surface area contributed by atoms with E-state index in [-0.39, 0.29) is 11.5 Å². The van der Waals surface area contributed by atoms with E-state index in [0.29, 0.717) is 11.8 Å². The number of hydrogen-bond acceptors (Lipinski definition) is 2. The van der Waals surface area contributed by atoms with Crippen molar-refractivity contribution in [3.8, 4) is 0 Å². The summed E-state index contributed by atoms with van der Waals surface area (Å²) in [5.41, 5.74) is 2.83. The zero-order valence-electron chi connectivity index (χ0n) is 15.7. The van der Waals surface area contributed by atoms with Gasteiger partial charge in [0.2, 0.25) is 0 Å². The van der Waals surface area contributed by atoms with Crippen LogP contribution in [0.1, 0.15) is 43.5 Å². The first kappa shape index (κ1) is 17.1. The molecule has 0 radical (unpaired) electrons. The third-order valence-corrected chi connectivity index (χ3v) is 8.40. The lowest BCUT2D eigenvalue weighted by Crippen LogP contribution is -2.51. The second kappa shape index (κ2) is 6.55. The SMILES string of the molecule is CC1(C)[C@@H]2C[C@H]1[C@H](OP(c1ccccc1)c1ccccc1)c1ncccc12. The highest BCUT2D eigenvalue weighted by molar-refractivity contribution is 7.68. The van der Waals surface area contributed by atoms with E-state index in [0.717, 1.165) is 5.69 Å².